The number of hydrogen-bond donors (Lipinski definition) is 0. The SMILES string of the molecule is COc1cc(/C=C(/C#N)c2cccc([N+](=O)[O-])c2)ccc1OCc1ccc(Cl)c(Cl)c1. The Morgan fingerprint density at radius 3 is 2.58 bits per heavy atom. The molecule has 0 aliphatic heterocycles. The molecule has 156 valence electrons. The number of nitriles is 1. The van der Waals surface area contributed by atoms with E-state index < -0.39 is 4.92 Å². The Kier molecular flexibility index (Phi) is 7.14. The summed E-state index contributed by atoms with van der Waals surface area (Å²) < 4.78 is 11.2. The van der Waals surface area contributed by atoms with Gasteiger partial charge in [-0.25, -0.2) is 0 Å². The monoisotopic (exact) mass is 454 g/mol. The van der Waals surface area contributed by atoms with E-state index in [-0.39, 0.29) is 17.9 Å². The number of ether oxygens (including phenoxy) is 2. The second-order valence-corrected chi connectivity index (χ2v) is 7.24. The van der Waals surface area contributed by atoms with Crippen molar-refractivity contribution >= 4 is 40.5 Å². The van der Waals surface area contributed by atoms with Gasteiger partial charge in [0, 0.05) is 12.1 Å². The molecule has 0 bridgehead atoms. The minimum atomic E-state index is -0.498. The van der Waals surface area contributed by atoms with E-state index in [9.17, 15) is 15.4 Å². The van der Waals surface area contributed by atoms with Gasteiger partial charge in [-0.1, -0.05) is 47.5 Å². The van der Waals surface area contributed by atoms with Gasteiger partial charge in [-0.15, -0.1) is 0 Å². The average molecular weight is 455 g/mol. The molecule has 0 spiro atoms. The molecular formula is C23H16Cl2N2O4. The molecule has 3 rings (SSSR count). The Labute approximate surface area is 189 Å². The van der Waals surface area contributed by atoms with Crippen LogP contribution in [0, 0.1) is 21.4 Å². The Morgan fingerprint density at radius 2 is 1.90 bits per heavy atom. The fourth-order valence-corrected chi connectivity index (χ4v) is 3.14. The molecule has 0 aliphatic carbocycles. The van der Waals surface area contributed by atoms with Crippen molar-refractivity contribution in [2.75, 3.05) is 7.11 Å². The van der Waals surface area contributed by atoms with Gasteiger partial charge in [0.2, 0.25) is 0 Å². The van der Waals surface area contributed by atoms with Crippen molar-refractivity contribution in [3.63, 3.8) is 0 Å². The van der Waals surface area contributed by atoms with Crippen molar-refractivity contribution in [1.29, 1.82) is 5.26 Å². The Balaban J connectivity index is 1.84. The van der Waals surface area contributed by atoms with Gasteiger partial charge in [0.05, 0.1) is 33.7 Å². The van der Waals surface area contributed by atoms with Gasteiger partial charge in [-0.05, 0) is 47.0 Å². The number of methoxy groups -OCH3 is 1. The summed E-state index contributed by atoms with van der Waals surface area (Å²) >= 11 is 12.0. The summed E-state index contributed by atoms with van der Waals surface area (Å²) in [6, 6.07) is 18.5. The molecule has 3 aromatic carbocycles. The van der Waals surface area contributed by atoms with Crippen molar-refractivity contribution in [1.82, 2.24) is 0 Å². The lowest BCUT2D eigenvalue weighted by Gasteiger charge is -2.12. The number of halogens is 2. The smallest absolute Gasteiger partial charge is 0.270 e. The molecule has 0 amide bonds. The van der Waals surface area contributed by atoms with Crippen LogP contribution in [0.15, 0.2) is 60.7 Å². The molecule has 8 heteroatoms. The third-order valence-corrected chi connectivity index (χ3v) is 5.10. The van der Waals surface area contributed by atoms with Crippen LogP contribution in [0.4, 0.5) is 5.69 Å². The molecule has 0 saturated carbocycles. The number of nitrogens with zero attached hydrogens (tertiary/aromatic N) is 2. The lowest BCUT2D eigenvalue weighted by molar-refractivity contribution is -0.384. The topological polar surface area (TPSA) is 85.4 Å². The first kappa shape index (κ1) is 22.2. The van der Waals surface area contributed by atoms with Crippen molar-refractivity contribution in [3.05, 3.63) is 97.5 Å². The summed E-state index contributed by atoms with van der Waals surface area (Å²) in [5, 5.41) is 21.5. The maximum Gasteiger partial charge on any atom is 0.270 e. The van der Waals surface area contributed by atoms with Crippen LogP contribution in [0.3, 0.4) is 0 Å². The Morgan fingerprint density at radius 1 is 1.10 bits per heavy atom. The van der Waals surface area contributed by atoms with E-state index in [1.165, 1.54) is 19.2 Å². The molecule has 0 N–H and O–H groups in total. The van der Waals surface area contributed by atoms with E-state index in [0.29, 0.717) is 32.7 Å². The first-order chi connectivity index (χ1) is 14.9. The molecule has 0 aliphatic rings. The van der Waals surface area contributed by atoms with Crippen LogP contribution in [0.5, 0.6) is 11.5 Å². The van der Waals surface area contributed by atoms with Gasteiger partial charge >= 0.3 is 0 Å². The maximum absolute atomic E-state index is 11.0. The Bertz CT molecular complexity index is 1200. The van der Waals surface area contributed by atoms with Gasteiger partial charge in [-0.2, -0.15) is 5.26 Å². The molecule has 3 aromatic rings. The first-order valence-electron chi connectivity index (χ1n) is 9.02. The number of hydrogen-bond acceptors (Lipinski definition) is 5. The fourth-order valence-electron chi connectivity index (χ4n) is 2.82. The first-order valence-corrected chi connectivity index (χ1v) is 9.78. The quantitative estimate of drug-likeness (QED) is 0.174. The Hall–Kier alpha value is -3.53. The molecule has 0 radical (unpaired) electrons. The minimum absolute atomic E-state index is 0.0812. The van der Waals surface area contributed by atoms with Crippen molar-refractivity contribution in [3.8, 4) is 17.6 Å². The molecule has 0 aromatic heterocycles. The second-order valence-electron chi connectivity index (χ2n) is 6.42. The highest BCUT2D eigenvalue weighted by molar-refractivity contribution is 6.42. The summed E-state index contributed by atoms with van der Waals surface area (Å²) in [6.45, 7) is 0.263. The van der Waals surface area contributed by atoms with Crippen molar-refractivity contribution < 1.29 is 14.4 Å². The van der Waals surface area contributed by atoms with E-state index in [4.69, 9.17) is 32.7 Å². The van der Waals surface area contributed by atoms with Gasteiger partial charge in [0.25, 0.3) is 5.69 Å². The summed E-state index contributed by atoms with van der Waals surface area (Å²) in [7, 11) is 1.51. The largest absolute Gasteiger partial charge is 0.493 e. The van der Waals surface area contributed by atoms with Crippen LogP contribution in [-0.4, -0.2) is 12.0 Å². The van der Waals surface area contributed by atoms with Crippen LogP contribution in [0.1, 0.15) is 16.7 Å². The number of benzene rings is 3. The number of nitro groups is 1. The summed E-state index contributed by atoms with van der Waals surface area (Å²) in [6.07, 6.45) is 1.63. The number of non-ortho nitro benzene ring substituents is 1. The van der Waals surface area contributed by atoms with Crippen LogP contribution in [-0.2, 0) is 6.61 Å². The predicted octanol–water partition coefficient (Wildman–Crippen LogP) is 6.55. The van der Waals surface area contributed by atoms with Gasteiger partial charge in [0.1, 0.15) is 6.61 Å². The second kappa shape index (κ2) is 9.98. The third-order valence-electron chi connectivity index (χ3n) is 4.37. The molecule has 0 atom stereocenters. The molecule has 0 heterocycles. The zero-order chi connectivity index (χ0) is 22.4. The van der Waals surface area contributed by atoms with Gasteiger partial charge in [0.15, 0.2) is 11.5 Å². The van der Waals surface area contributed by atoms with E-state index >= 15 is 0 Å². The van der Waals surface area contributed by atoms with E-state index in [1.807, 2.05) is 6.07 Å². The summed E-state index contributed by atoms with van der Waals surface area (Å²) in [4.78, 5) is 10.5. The van der Waals surface area contributed by atoms with Crippen LogP contribution < -0.4 is 9.47 Å². The number of rotatable bonds is 7. The summed E-state index contributed by atoms with van der Waals surface area (Å²) in [5.74, 6) is 0.990. The fraction of sp³-hybridized carbons (Fsp3) is 0.0870. The summed E-state index contributed by atoms with van der Waals surface area (Å²) in [5.41, 5.74) is 2.19. The third kappa shape index (κ3) is 5.54. The highest BCUT2D eigenvalue weighted by Crippen LogP contribution is 2.31. The van der Waals surface area contributed by atoms with Crippen molar-refractivity contribution in [2.24, 2.45) is 0 Å². The highest BCUT2D eigenvalue weighted by atomic mass is 35.5. The van der Waals surface area contributed by atoms with Crippen LogP contribution in [0.25, 0.3) is 11.6 Å². The minimum Gasteiger partial charge on any atom is -0.493 e. The van der Waals surface area contributed by atoms with Gasteiger partial charge in [-0.3, -0.25) is 10.1 Å². The molecule has 0 saturated heterocycles. The average Bonchev–Trinajstić information content (AvgIpc) is 2.78. The van der Waals surface area contributed by atoms with Crippen molar-refractivity contribution in [2.45, 2.75) is 6.61 Å². The zero-order valence-corrected chi connectivity index (χ0v) is 17.9. The maximum atomic E-state index is 11.0. The molecule has 6 nitrogen and oxygen atoms in total. The molecular weight excluding hydrogens is 439 g/mol. The number of allylic oxidation sites excluding steroid dienone is 1. The highest BCUT2D eigenvalue weighted by Gasteiger charge is 2.11. The van der Waals surface area contributed by atoms with Crippen LogP contribution >= 0.6 is 23.2 Å². The molecule has 0 fully saturated rings. The standard InChI is InChI=1S/C23H16Cl2N2O4/c1-30-23-11-15(9-18(13-26)17-3-2-4-19(12-17)27(28)29)6-8-22(23)31-14-16-5-7-20(24)21(25)10-16/h2-12H,14H2,1H3/b18-9-. The van der Waals surface area contributed by atoms with Crippen LogP contribution in [0.2, 0.25) is 10.0 Å². The van der Waals surface area contributed by atoms with E-state index in [0.717, 1.165) is 5.56 Å². The van der Waals surface area contributed by atoms with Gasteiger partial charge < -0.3 is 9.47 Å². The van der Waals surface area contributed by atoms with E-state index in [1.54, 1.807) is 48.5 Å². The normalized spacial score (nSPS) is 11.0. The lowest BCUT2D eigenvalue weighted by Crippen LogP contribution is -1.98. The predicted molar refractivity (Wildman–Crippen MR) is 120 cm³/mol. The lowest BCUT2D eigenvalue weighted by atomic mass is 10.0. The molecule has 31 heavy (non-hydrogen) atoms. The number of nitro benzene ring substituents is 1. The zero-order valence-electron chi connectivity index (χ0n) is 16.3. The molecule has 0 unspecified atom stereocenters. The van der Waals surface area contributed by atoms with E-state index in [2.05, 4.69) is 6.07 Å².